The molecule has 24 heavy (non-hydrogen) atoms. The molecular formula is C19H22N2O3. The van der Waals surface area contributed by atoms with Crippen LogP contribution in [-0.2, 0) is 17.8 Å². The van der Waals surface area contributed by atoms with E-state index in [2.05, 4.69) is 11.9 Å². The van der Waals surface area contributed by atoms with Crippen molar-refractivity contribution in [3.63, 3.8) is 0 Å². The summed E-state index contributed by atoms with van der Waals surface area (Å²) in [5.74, 6) is 0.842. The normalized spacial score (nSPS) is 13.0. The second-order valence-corrected chi connectivity index (χ2v) is 5.80. The number of hydrogen-bond donors (Lipinski definition) is 0. The zero-order valence-corrected chi connectivity index (χ0v) is 13.9. The minimum atomic E-state index is 0.0427. The summed E-state index contributed by atoms with van der Waals surface area (Å²) >= 11 is 0. The van der Waals surface area contributed by atoms with Crippen molar-refractivity contribution < 1.29 is 14.3 Å². The maximum Gasteiger partial charge on any atom is 0.253 e. The predicted molar refractivity (Wildman–Crippen MR) is 90.9 cm³/mol. The Morgan fingerprint density at radius 2 is 2.17 bits per heavy atom. The van der Waals surface area contributed by atoms with Crippen molar-refractivity contribution in [2.45, 2.75) is 26.4 Å². The summed E-state index contributed by atoms with van der Waals surface area (Å²) in [7, 11) is 0. The van der Waals surface area contributed by atoms with Crippen LogP contribution in [0.5, 0.6) is 5.75 Å². The highest BCUT2D eigenvalue weighted by Crippen LogP contribution is 2.25. The maximum atomic E-state index is 12.9. The molecule has 2 aromatic rings. The number of carbonyl (C=O) groups excluding carboxylic acids is 1. The molecule has 0 radical (unpaired) electrons. The summed E-state index contributed by atoms with van der Waals surface area (Å²) in [6.07, 6.45) is 3.46. The Kier molecular flexibility index (Phi) is 5.43. The number of ether oxygens (including phenoxy) is 2. The number of rotatable bonds is 6. The van der Waals surface area contributed by atoms with Crippen LogP contribution >= 0.6 is 0 Å². The molecule has 2 heterocycles. The van der Waals surface area contributed by atoms with Gasteiger partial charge in [-0.25, -0.2) is 0 Å². The predicted octanol–water partition coefficient (Wildman–Crippen LogP) is 3.04. The Bertz CT molecular complexity index is 688. The Hall–Kier alpha value is -2.40. The third-order valence-corrected chi connectivity index (χ3v) is 4.01. The number of aromatic nitrogens is 1. The fourth-order valence-electron chi connectivity index (χ4n) is 2.79. The Labute approximate surface area is 142 Å². The van der Waals surface area contributed by atoms with E-state index in [9.17, 15) is 4.79 Å². The molecule has 126 valence electrons. The van der Waals surface area contributed by atoms with Gasteiger partial charge in [0.05, 0.1) is 6.61 Å². The molecule has 0 saturated carbocycles. The SMILES string of the molecule is CCCN(CCc1ccccn1)C(=O)c1ccc2c(c1)COCO2. The first-order valence-corrected chi connectivity index (χ1v) is 8.30. The van der Waals surface area contributed by atoms with Crippen molar-refractivity contribution in [1.29, 1.82) is 0 Å². The maximum absolute atomic E-state index is 12.9. The summed E-state index contributed by atoms with van der Waals surface area (Å²) < 4.78 is 10.7. The van der Waals surface area contributed by atoms with Gasteiger partial charge in [-0.3, -0.25) is 9.78 Å². The minimum absolute atomic E-state index is 0.0427. The van der Waals surface area contributed by atoms with Crippen LogP contribution in [0.15, 0.2) is 42.6 Å². The lowest BCUT2D eigenvalue weighted by Crippen LogP contribution is -2.34. The first-order chi connectivity index (χ1) is 11.8. The fraction of sp³-hybridized carbons (Fsp3) is 0.368. The van der Waals surface area contributed by atoms with E-state index in [1.54, 1.807) is 6.20 Å². The summed E-state index contributed by atoms with van der Waals surface area (Å²) in [5, 5.41) is 0. The molecule has 0 saturated heterocycles. The second kappa shape index (κ2) is 7.93. The third-order valence-electron chi connectivity index (χ3n) is 4.01. The van der Waals surface area contributed by atoms with E-state index in [-0.39, 0.29) is 12.7 Å². The minimum Gasteiger partial charge on any atom is -0.467 e. The Morgan fingerprint density at radius 1 is 1.25 bits per heavy atom. The highest BCUT2D eigenvalue weighted by Gasteiger charge is 2.18. The van der Waals surface area contributed by atoms with Gasteiger partial charge in [0.2, 0.25) is 0 Å². The van der Waals surface area contributed by atoms with Gasteiger partial charge in [0.25, 0.3) is 5.91 Å². The van der Waals surface area contributed by atoms with E-state index in [0.29, 0.717) is 18.7 Å². The lowest BCUT2D eigenvalue weighted by Gasteiger charge is -2.23. The molecule has 5 nitrogen and oxygen atoms in total. The van der Waals surface area contributed by atoms with Gasteiger partial charge in [-0.05, 0) is 36.8 Å². The summed E-state index contributed by atoms with van der Waals surface area (Å²) in [6.45, 7) is 4.23. The first kappa shape index (κ1) is 16.5. The molecule has 1 aliphatic rings. The lowest BCUT2D eigenvalue weighted by atomic mass is 10.1. The molecule has 5 heteroatoms. The van der Waals surface area contributed by atoms with Gasteiger partial charge >= 0.3 is 0 Å². The number of amides is 1. The molecule has 0 fully saturated rings. The summed E-state index contributed by atoms with van der Waals surface area (Å²) in [5.41, 5.74) is 2.60. The molecule has 1 aromatic heterocycles. The molecule has 0 N–H and O–H groups in total. The number of hydrogen-bond acceptors (Lipinski definition) is 4. The molecule has 3 rings (SSSR count). The number of fused-ring (bicyclic) bond motifs is 1. The van der Waals surface area contributed by atoms with Crippen molar-refractivity contribution in [1.82, 2.24) is 9.88 Å². The zero-order valence-electron chi connectivity index (χ0n) is 13.9. The quantitative estimate of drug-likeness (QED) is 0.819. The molecule has 0 aliphatic carbocycles. The highest BCUT2D eigenvalue weighted by atomic mass is 16.7. The van der Waals surface area contributed by atoms with Crippen LogP contribution in [0.25, 0.3) is 0 Å². The smallest absolute Gasteiger partial charge is 0.253 e. The molecule has 0 bridgehead atoms. The fourth-order valence-corrected chi connectivity index (χ4v) is 2.79. The highest BCUT2D eigenvalue weighted by molar-refractivity contribution is 5.94. The second-order valence-electron chi connectivity index (χ2n) is 5.80. The number of pyridine rings is 1. The standard InChI is InChI=1S/C19H22N2O3/c1-2-10-21(11-8-17-5-3-4-9-20-17)19(22)15-6-7-18-16(12-15)13-23-14-24-18/h3-7,9,12H,2,8,10-11,13-14H2,1H3. The van der Waals surface area contributed by atoms with Crippen molar-refractivity contribution in [3.8, 4) is 5.75 Å². The topological polar surface area (TPSA) is 51.7 Å². The van der Waals surface area contributed by atoms with Crippen LogP contribution in [0.3, 0.4) is 0 Å². The third kappa shape index (κ3) is 3.92. The number of carbonyl (C=O) groups is 1. The lowest BCUT2D eigenvalue weighted by molar-refractivity contribution is -0.0164. The first-order valence-electron chi connectivity index (χ1n) is 8.30. The summed E-state index contributed by atoms with van der Waals surface area (Å²) in [4.78, 5) is 19.1. The average molecular weight is 326 g/mol. The van der Waals surface area contributed by atoms with Gasteiger partial charge in [0.15, 0.2) is 6.79 Å². The van der Waals surface area contributed by atoms with Crippen LogP contribution in [0.2, 0.25) is 0 Å². The average Bonchev–Trinajstić information content (AvgIpc) is 2.65. The monoisotopic (exact) mass is 326 g/mol. The molecule has 1 amide bonds. The summed E-state index contributed by atoms with van der Waals surface area (Å²) in [6, 6.07) is 11.4. The van der Waals surface area contributed by atoms with Crippen LogP contribution in [0.1, 0.15) is 35.0 Å². The molecule has 0 atom stereocenters. The van der Waals surface area contributed by atoms with Crippen LogP contribution in [0.4, 0.5) is 0 Å². The van der Waals surface area contributed by atoms with Gasteiger partial charge in [0.1, 0.15) is 5.75 Å². The van der Waals surface area contributed by atoms with E-state index < -0.39 is 0 Å². The molecular weight excluding hydrogens is 304 g/mol. The molecule has 1 aliphatic heterocycles. The van der Waals surface area contributed by atoms with Crippen LogP contribution in [0, 0.1) is 0 Å². The van der Waals surface area contributed by atoms with Gasteiger partial charge < -0.3 is 14.4 Å². The van der Waals surface area contributed by atoms with Crippen molar-refractivity contribution in [2.75, 3.05) is 19.9 Å². The van der Waals surface area contributed by atoms with Gasteiger partial charge in [-0.15, -0.1) is 0 Å². The Balaban J connectivity index is 1.71. The van der Waals surface area contributed by atoms with E-state index in [0.717, 1.165) is 36.4 Å². The number of nitrogens with zero attached hydrogens (tertiary/aromatic N) is 2. The van der Waals surface area contributed by atoms with Gasteiger partial charge in [-0.2, -0.15) is 0 Å². The molecule has 0 spiro atoms. The van der Waals surface area contributed by atoms with Crippen molar-refractivity contribution >= 4 is 5.91 Å². The molecule has 1 aromatic carbocycles. The van der Waals surface area contributed by atoms with E-state index >= 15 is 0 Å². The van der Waals surface area contributed by atoms with Crippen LogP contribution in [-0.4, -0.2) is 35.7 Å². The number of benzene rings is 1. The van der Waals surface area contributed by atoms with Gasteiger partial charge in [-0.1, -0.05) is 13.0 Å². The van der Waals surface area contributed by atoms with Crippen molar-refractivity contribution in [2.24, 2.45) is 0 Å². The van der Waals surface area contributed by atoms with E-state index in [4.69, 9.17) is 9.47 Å². The molecule has 0 unspecified atom stereocenters. The van der Waals surface area contributed by atoms with E-state index in [1.807, 2.05) is 41.3 Å². The largest absolute Gasteiger partial charge is 0.467 e. The zero-order chi connectivity index (χ0) is 16.8. The Morgan fingerprint density at radius 3 is 2.96 bits per heavy atom. The van der Waals surface area contributed by atoms with Crippen molar-refractivity contribution in [3.05, 3.63) is 59.4 Å². The van der Waals surface area contributed by atoms with Crippen LogP contribution < -0.4 is 4.74 Å². The van der Waals surface area contributed by atoms with E-state index in [1.165, 1.54) is 0 Å². The van der Waals surface area contributed by atoms with Gasteiger partial charge in [0, 0.05) is 42.5 Å².